The lowest BCUT2D eigenvalue weighted by atomic mass is 10.2. The first-order chi connectivity index (χ1) is 14.2. The summed E-state index contributed by atoms with van der Waals surface area (Å²) >= 11 is 7.19. The van der Waals surface area contributed by atoms with Gasteiger partial charge in [0.1, 0.15) is 11.5 Å². The fourth-order valence-electron chi connectivity index (χ4n) is 2.34. The molecule has 0 aliphatic heterocycles. The van der Waals surface area contributed by atoms with E-state index >= 15 is 0 Å². The molecule has 4 rings (SSSR count). The van der Waals surface area contributed by atoms with Crippen molar-refractivity contribution >= 4 is 23.4 Å². The van der Waals surface area contributed by atoms with Crippen LogP contribution in [0.3, 0.4) is 0 Å². The molecular weight excluding hydrogens is 416 g/mol. The number of ether oxygens (including phenoxy) is 2. The van der Waals surface area contributed by atoms with E-state index in [-0.39, 0.29) is 6.61 Å². The van der Waals surface area contributed by atoms with Gasteiger partial charge in [-0.15, -0.1) is 20.4 Å². The molecule has 10 heteroatoms. The van der Waals surface area contributed by atoms with Gasteiger partial charge in [-0.3, -0.25) is 0 Å². The molecular formula is C19H15ClN4O4S. The van der Waals surface area contributed by atoms with Gasteiger partial charge in [0.25, 0.3) is 11.1 Å². The van der Waals surface area contributed by atoms with Gasteiger partial charge in [0.15, 0.2) is 6.61 Å². The minimum absolute atomic E-state index is 0.155. The first-order valence-corrected chi connectivity index (χ1v) is 9.86. The summed E-state index contributed by atoms with van der Waals surface area (Å²) in [5.74, 6) is 3.00. The van der Waals surface area contributed by atoms with Crippen molar-refractivity contribution in [2.45, 2.75) is 17.6 Å². The lowest BCUT2D eigenvalue weighted by Gasteiger charge is -2.05. The Balaban J connectivity index is 1.31. The van der Waals surface area contributed by atoms with Gasteiger partial charge in [0, 0.05) is 16.7 Å². The smallest absolute Gasteiger partial charge is 0.277 e. The molecule has 0 fully saturated rings. The van der Waals surface area contributed by atoms with Crippen molar-refractivity contribution in [2.75, 3.05) is 7.11 Å². The second kappa shape index (κ2) is 8.97. The number of hydrogen-bond donors (Lipinski definition) is 0. The Labute approximate surface area is 175 Å². The Bertz CT molecular complexity index is 1080. The Morgan fingerprint density at radius 3 is 2.55 bits per heavy atom. The molecule has 2 aromatic heterocycles. The molecule has 0 spiro atoms. The van der Waals surface area contributed by atoms with Crippen molar-refractivity contribution in [3.05, 3.63) is 65.3 Å². The van der Waals surface area contributed by atoms with Gasteiger partial charge >= 0.3 is 0 Å². The number of benzene rings is 2. The van der Waals surface area contributed by atoms with Gasteiger partial charge < -0.3 is 18.3 Å². The van der Waals surface area contributed by atoms with Crippen molar-refractivity contribution in [3.8, 4) is 23.0 Å². The Hall–Kier alpha value is -3.04. The highest BCUT2D eigenvalue weighted by Gasteiger charge is 2.12. The minimum Gasteiger partial charge on any atom is -0.497 e. The van der Waals surface area contributed by atoms with Crippen LogP contribution in [0.2, 0.25) is 5.02 Å². The van der Waals surface area contributed by atoms with Crippen molar-refractivity contribution in [1.82, 2.24) is 20.4 Å². The normalized spacial score (nSPS) is 10.8. The van der Waals surface area contributed by atoms with Crippen LogP contribution < -0.4 is 9.47 Å². The molecule has 0 bridgehead atoms. The van der Waals surface area contributed by atoms with Crippen molar-refractivity contribution < 1.29 is 18.3 Å². The third-order valence-corrected chi connectivity index (χ3v) is 4.78. The summed E-state index contributed by atoms with van der Waals surface area (Å²) in [5, 5.41) is 17.1. The van der Waals surface area contributed by atoms with Crippen LogP contribution in [0.15, 0.2) is 62.6 Å². The topological polar surface area (TPSA) is 96.3 Å². The van der Waals surface area contributed by atoms with Gasteiger partial charge in [-0.05, 0) is 36.4 Å². The molecule has 0 aliphatic rings. The largest absolute Gasteiger partial charge is 0.497 e. The monoisotopic (exact) mass is 430 g/mol. The average molecular weight is 431 g/mol. The quantitative estimate of drug-likeness (QED) is 0.370. The van der Waals surface area contributed by atoms with Crippen LogP contribution in [-0.2, 0) is 12.4 Å². The maximum atomic E-state index is 5.89. The molecule has 0 radical (unpaired) electrons. The summed E-state index contributed by atoms with van der Waals surface area (Å²) in [4.78, 5) is 0. The van der Waals surface area contributed by atoms with Gasteiger partial charge in [0.2, 0.25) is 11.8 Å². The van der Waals surface area contributed by atoms with E-state index < -0.39 is 0 Å². The van der Waals surface area contributed by atoms with E-state index in [4.69, 9.17) is 29.9 Å². The Kier molecular flexibility index (Phi) is 5.97. The van der Waals surface area contributed by atoms with Crippen LogP contribution in [0.1, 0.15) is 11.8 Å². The zero-order valence-corrected chi connectivity index (χ0v) is 16.8. The molecule has 0 atom stereocenters. The van der Waals surface area contributed by atoms with Crippen LogP contribution in [0.4, 0.5) is 0 Å². The van der Waals surface area contributed by atoms with E-state index in [9.17, 15) is 0 Å². The predicted molar refractivity (Wildman–Crippen MR) is 106 cm³/mol. The second-order valence-electron chi connectivity index (χ2n) is 5.73. The lowest BCUT2D eigenvalue weighted by molar-refractivity contribution is 0.251. The average Bonchev–Trinajstić information content (AvgIpc) is 3.41. The van der Waals surface area contributed by atoms with Crippen molar-refractivity contribution in [3.63, 3.8) is 0 Å². The molecule has 29 heavy (non-hydrogen) atoms. The van der Waals surface area contributed by atoms with Gasteiger partial charge in [0.05, 0.1) is 12.9 Å². The maximum Gasteiger partial charge on any atom is 0.277 e. The van der Waals surface area contributed by atoms with E-state index in [1.54, 1.807) is 25.3 Å². The highest BCUT2D eigenvalue weighted by molar-refractivity contribution is 7.98. The van der Waals surface area contributed by atoms with Crippen LogP contribution in [0.25, 0.3) is 11.5 Å². The van der Waals surface area contributed by atoms with Gasteiger partial charge in [-0.1, -0.05) is 29.4 Å². The fourth-order valence-corrected chi connectivity index (χ4v) is 3.08. The fraction of sp³-hybridized carbons (Fsp3) is 0.158. The number of methoxy groups -OCH3 is 1. The number of hydrogen-bond acceptors (Lipinski definition) is 9. The zero-order valence-electron chi connectivity index (χ0n) is 15.2. The second-order valence-corrected chi connectivity index (χ2v) is 7.09. The van der Waals surface area contributed by atoms with Crippen molar-refractivity contribution in [2.24, 2.45) is 0 Å². The first-order valence-electron chi connectivity index (χ1n) is 8.50. The SMILES string of the molecule is COc1cccc(OCc2nnc(SCc3nnc(-c4ccc(Cl)cc4)o3)o2)c1. The number of aromatic nitrogens is 4. The molecule has 2 aromatic carbocycles. The molecule has 0 saturated carbocycles. The number of rotatable bonds is 8. The summed E-state index contributed by atoms with van der Waals surface area (Å²) in [6, 6.07) is 14.4. The van der Waals surface area contributed by atoms with Crippen LogP contribution in [0, 0.1) is 0 Å². The Morgan fingerprint density at radius 1 is 0.931 bits per heavy atom. The minimum atomic E-state index is 0.155. The standard InChI is InChI=1S/C19H15ClN4O4S/c1-25-14-3-2-4-15(9-14)26-10-16-21-24-19(28-16)29-11-17-22-23-18(27-17)12-5-7-13(20)8-6-12/h2-9H,10-11H2,1H3. The molecule has 0 saturated heterocycles. The Morgan fingerprint density at radius 2 is 1.72 bits per heavy atom. The van der Waals surface area contributed by atoms with E-state index in [1.807, 2.05) is 30.3 Å². The summed E-state index contributed by atoms with van der Waals surface area (Å²) in [6.07, 6.45) is 0. The van der Waals surface area contributed by atoms with Gasteiger partial charge in [-0.2, -0.15) is 0 Å². The maximum absolute atomic E-state index is 5.89. The summed E-state index contributed by atoms with van der Waals surface area (Å²) in [5.41, 5.74) is 0.799. The molecule has 8 nitrogen and oxygen atoms in total. The van der Waals surface area contributed by atoms with E-state index in [0.717, 1.165) is 5.56 Å². The highest BCUT2D eigenvalue weighted by Crippen LogP contribution is 2.25. The van der Waals surface area contributed by atoms with Crippen LogP contribution >= 0.6 is 23.4 Å². The third kappa shape index (κ3) is 5.07. The van der Waals surface area contributed by atoms with E-state index in [0.29, 0.717) is 45.2 Å². The van der Waals surface area contributed by atoms with Crippen LogP contribution in [0.5, 0.6) is 11.5 Å². The number of halogens is 1. The lowest BCUT2D eigenvalue weighted by Crippen LogP contribution is -1.96. The summed E-state index contributed by atoms with van der Waals surface area (Å²) in [7, 11) is 1.60. The van der Waals surface area contributed by atoms with Crippen molar-refractivity contribution in [1.29, 1.82) is 0 Å². The molecule has 2 heterocycles. The first kappa shape index (κ1) is 19.3. The van der Waals surface area contributed by atoms with E-state index in [1.165, 1.54) is 11.8 Å². The van der Waals surface area contributed by atoms with E-state index in [2.05, 4.69) is 20.4 Å². The molecule has 148 valence electrons. The number of nitrogens with zero attached hydrogens (tertiary/aromatic N) is 4. The highest BCUT2D eigenvalue weighted by atomic mass is 35.5. The zero-order chi connectivity index (χ0) is 20.1. The molecule has 0 aliphatic carbocycles. The summed E-state index contributed by atoms with van der Waals surface area (Å²) < 4.78 is 22.0. The molecule has 4 aromatic rings. The summed E-state index contributed by atoms with van der Waals surface area (Å²) in [6.45, 7) is 0.155. The number of thioether (sulfide) groups is 1. The third-order valence-electron chi connectivity index (χ3n) is 3.73. The van der Waals surface area contributed by atoms with Gasteiger partial charge in [-0.25, -0.2) is 0 Å². The van der Waals surface area contributed by atoms with Crippen LogP contribution in [-0.4, -0.2) is 27.5 Å². The predicted octanol–water partition coefficient (Wildman–Crippen LogP) is 4.65. The molecule has 0 N–H and O–H groups in total. The molecule has 0 amide bonds. The molecule has 0 unspecified atom stereocenters.